The molecule has 0 spiro atoms. The number of hydrogen-bond donors (Lipinski definition) is 2. The summed E-state index contributed by atoms with van der Waals surface area (Å²) in [6.45, 7) is 3.55. The minimum absolute atomic E-state index is 0.101. The zero-order valence-electron chi connectivity index (χ0n) is 16.4. The van der Waals surface area contributed by atoms with Crippen LogP contribution in [0.25, 0.3) is 10.9 Å². The number of hydrogen-bond acceptors (Lipinski definition) is 2. The molecule has 1 atom stereocenters. The van der Waals surface area contributed by atoms with Gasteiger partial charge in [-0.1, -0.05) is 24.3 Å². The van der Waals surface area contributed by atoms with Crippen LogP contribution in [0.2, 0.25) is 0 Å². The third-order valence-corrected chi connectivity index (χ3v) is 6.29. The van der Waals surface area contributed by atoms with E-state index in [0.29, 0.717) is 0 Å². The first-order chi connectivity index (χ1) is 14.8. The molecule has 0 saturated heterocycles. The van der Waals surface area contributed by atoms with E-state index in [1.165, 1.54) is 6.08 Å². The van der Waals surface area contributed by atoms with E-state index in [2.05, 4.69) is 16.3 Å². The van der Waals surface area contributed by atoms with E-state index in [4.69, 9.17) is 0 Å². The Kier molecular flexibility index (Phi) is 6.43. The molecular formula is C21H18F6N2O2S. The van der Waals surface area contributed by atoms with Crippen molar-refractivity contribution in [3.8, 4) is 0 Å². The fraction of sp³-hybridized carbons (Fsp3) is 0.238. The number of sulfonamides is 1. The number of halogens is 6. The quantitative estimate of drug-likeness (QED) is 0.341. The molecule has 0 saturated carbocycles. The summed E-state index contributed by atoms with van der Waals surface area (Å²) in [7, 11) is -4.71. The first-order valence-corrected chi connectivity index (χ1v) is 10.8. The van der Waals surface area contributed by atoms with E-state index in [1.54, 1.807) is 18.3 Å². The lowest BCUT2D eigenvalue weighted by Crippen LogP contribution is -2.36. The van der Waals surface area contributed by atoms with Gasteiger partial charge >= 0.3 is 12.4 Å². The lowest BCUT2D eigenvalue weighted by atomic mass is 10.0. The van der Waals surface area contributed by atoms with Crippen molar-refractivity contribution in [3.63, 3.8) is 0 Å². The Morgan fingerprint density at radius 2 is 1.59 bits per heavy atom. The molecule has 4 nitrogen and oxygen atoms in total. The monoisotopic (exact) mass is 476 g/mol. The van der Waals surface area contributed by atoms with Crippen molar-refractivity contribution in [2.45, 2.75) is 36.1 Å². The normalized spacial score (nSPS) is 13.9. The largest absolute Gasteiger partial charge is 0.416 e. The second-order valence-corrected chi connectivity index (χ2v) is 8.86. The Morgan fingerprint density at radius 1 is 1.00 bits per heavy atom. The molecule has 0 aliphatic carbocycles. The SMILES string of the molecule is C=CC[C@@H](Cc1c[nH]c2ccccc12)NS(=O)(=O)c1cc(C(F)(F)F)cc(C(F)(F)F)c1. The Morgan fingerprint density at radius 3 is 2.16 bits per heavy atom. The standard InChI is InChI=1S/C21H18F6N2O2S/c1-2-5-16(8-13-12-28-19-7-4-3-6-18(13)19)29-32(30,31)17-10-14(20(22,23)24)9-15(11-17)21(25,26)27/h2-4,6-7,9-12,16,28-29H,1,5,8H2/t16-/m0/s1. The lowest BCUT2D eigenvalue weighted by Gasteiger charge is -2.19. The Balaban J connectivity index is 1.97. The van der Waals surface area contributed by atoms with Crippen LogP contribution in [0.5, 0.6) is 0 Å². The highest BCUT2D eigenvalue weighted by Crippen LogP contribution is 2.37. The van der Waals surface area contributed by atoms with Crippen LogP contribution >= 0.6 is 0 Å². The smallest absolute Gasteiger partial charge is 0.361 e. The molecular weight excluding hydrogens is 458 g/mol. The second kappa shape index (κ2) is 8.62. The number of rotatable bonds is 7. The van der Waals surface area contributed by atoms with Crippen molar-refractivity contribution in [1.82, 2.24) is 9.71 Å². The molecule has 172 valence electrons. The first-order valence-electron chi connectivity index (χ1n) is 9.29. The molecule has 0 amide bonds. The highest BCUT2D eigenvalue weighted by Gasteiger charge is 2.38. The number of nitrogens with one attached hydrogen (secondary N) is 2. The summed E-state index contributed by atoms with van der Waals surface area (Å²) in [6.07, 6.45) is -6.99. The van der Waals surface area contributed by atoms with Gasteiger partial charge in [0.2, 0.25) is 10.0 Å². The van der Waals surface area contributed by atoms with Crippen LogP contribution in [0.1, 0.15) is 23.1 Å². The Labute approximate surface area is 180 Å². The highest BCUT2D eigenvalue weighted by molar-refractivity contribution is 7.89. The maximum Gasteiger partial charge on any atom is 0.416 e. The van der Waals surface area contributed by atoms with E-state index in [1.807, 2.05) is 12.1 Å². The summed E-state index contributed by atoms with van der Waals surface area (Å²) in [4.78, 5) is 1.91. The number of benzene rings is 2. The molecule has 0 bridgehead atoms. The van der Waals surface area contributed by atoms with Crippen LogP contribution in [0.4, 0.5) is 26.3 Å². The maximum atomic E-state index is 13.1. The van der Waals surface area contributed by atoms with Gasteiger partial charge in [0.25, 0.3) is 0 Å². The van der Waals surface area contributed by atoms with Crippen molar-refractivity contribution in [1.29, 1.82) is 0 Å². The summed E-state index contributed by atoms with van der Waals surface area (Å²) in [6, 6.07) is 6.62. The van der Waals surface area contributed by atoms with Gasteiger partial charge in [0.1, 0.15) is 0 Å². The van der Waals surface area contributed by atoms with Crippen molar-refractivity contribution in [3.05, 3.63) is 78.0 Å². The number of alkyl halides is 6. The molecule has 0 fully saturated rings. The Bertz CT molecular complexity index is 1200. The van der Waals surface area contributed by atoms with Gasteiger partial charge in [-0.25, -0.2) is 13.1 Å². The zero-order chi connectivity index (χ0) is 23.7. The van der Waals surface area contributed by atoms with E-state index in [9.17, 15) is 34.8 Å². The van der Waals surface area contributed by atoms with E-state index < -0.39 is 44.4 Å². The number of aromatic nitrogens is 1. The lowest BCUT2D eigenvalue weighted by molar-refractivity contribution is -0.143. The molecule has 2 aromatic carbocycles. The fourth-order valence-electron chi connectivity index (χ4n) is 3.31. The molecule has 1 heterocycles. The molecule has 3 rings (SSSR count). The van der Waals surface area contributed by atoms with Gasteiger partial charge in [-0.3, -0.25) is 0 Å². The summed E-state index contributed by atoms with van der Waals surface area (Å²) in [5, 5.41) is 0.819. The van der Waals surface area contributed by atoms with Crippen molar-refractivity contribution < 1.29 is 34.8 Å². The number of para-hydroxylation sites is 1. The summed E-state index contributed by atoms with van der Waals surface area (Å²) in [5.41, 5.74) is -1.88. The topological polar surface area (TPSA) is 62.0 Å². The van der Waals surface area contributed by atoms with Crippen LogP contribution in [0.3, 0.4) is 0 Å². The third kappa shape index (κ3) is 5.33. The number of fused-ring (bicyclic) bond motifs is 1. The van der Waals surface area contributed by atoms with Gasteiger partial charge in [0.15, 0.2) is 0 Å². The molecule has 32 heavy (non-hydrogen) atoms. The van der Waals surface area contributed by atoms with E-state index in [-0.39, 0.29) is 31.0 Å². The zero-order valence-corrected chi connectivity index (χ0v) is 17.2. The van der Waals surface area contributed by atoms with E-state index in [0.717, 1.165) is 16.5 Å². The average Bonchev–Trinajstić information content (AvgIpc) is 3.09. The van der Waals surface area contributed by atoms with Gasteiger partial charge in [-0.15, -0.1) is 6.58 Å². The molecule has 0 aliphatic rings. The third-order valence-electron chi connectivity index (χ3n) is 4.79. The molecule has 3 aromatic rings. The molecule has 1 aromatic heterocycles. The predicted octanol–water partition coefficient (Wildman–Crippen LogP) is 5.67. The van der Waals surface area contributed by atoms with Crippen LogP contribution in [0, 0.1) is 0 Å². The van der Waals surface area contributed by atoms with Crippen LogP contribution in [0.15, 0.2) is 66.2 Å². The average molecular weight is 476 g/mol. The van der Waals surface area contributed by atoms with Crippen LogP contribution < -0.4 is 4.72 Å². The van der Waals surface area contributed by atoms with Gasteiger partial charge in [0.05, 0.1) is 16.0 Å². The minimum atomic E-state index is -5.16. The molecule has 0 radical (unpaired) electrons. The molecule has 0 unspecified atom stereocenters. The highest BCUT2D eigenvalue weighted by atomic mass is 32.2. The minimum Gasteiger partial charge on any atom is -0.361 e. The predicted molar refractivity (Wildman–Crippen MR) is 107 cm³/mol. The van der Waals surface area contributed by atoms with Gasteiger partial charge in [-0.05, 0) is 42.7 Å². The maximum absolute atomic E-state index is 13.1. The molecule has 2 N–H and O–H groups in total. The molecule has 11 heteroatoms. The Hall–Kier alpha value is -2.79. The van der Waals surface area contributed by atoms with Crippen LogP contribution in [-0.2, 0) is 28.8 Å². The van der Waals surface area contributed by atoms with Crippen molar-refractivity contribution >= 4 is 20.9 Å². The number of aromatic amines is 1. The van der Waals surface area contributed by atoms with Crippen molar-refractivity contribution in [2.24, 2.45) is 0 Å². The van der Waals surface area contributed by atoms with Gasteiger partial charge in [0, 0.05) is 23.1 Å². The van der Waals surface area contributed by atoms with Crippen molar-refractivity contribution in [2.75, 3.05) is 0 Å². The first kappa shape index (κ1) is 23.9. The van der Waals surface area contributed by atoms with Crippen LogP contribution in [-0.4, -0.2) is 19.4 Å². The fourth-order valence-corrected chi connectivity index (χ4v) is 4.63. The van der Waals surface area contributed by atoms with Gasteiger partial charge < -0.3 is 4.98 Å². The summed E-state index contributed by atoms with van der Waals surface area (Å²) in [5.74, 6) is 0. The molecule has 0 aliphatic heterocycles. The van der Waals surface area contributed by atoms with E-state index >= 15 is 0 Å². The van der Waals surface area contributed by atoms with Gasteiger partial charge in [-0.2, -0.15) is 26.3 Å². The number of H-pyrrole nitrogens is 1. The second-order valence-electron chi connectivity index (χ2n) is 7.15. The summed E-state index contributed by atoms with van der Waals surface area (Å²) >= 11 is 0. The summed E-state index contributed by atoms with van der Waals surface area (Å²) < 4.78 is 106.